The van der Waals surface area contributed by atoms with E-state index in [1.54, 1.807) is 7.11 Å². The van der Waals surface area contributed by atoms with Gasteiger partial charge in [-0.2, -0.15) is 0 Å². The van der Waals surface area contributed by atoms with Crippen molar-refractivity contribution >= 4 is 17.5 Å². The molecule has 0 heterocycles. The first-order valence-electron chi connectivity index (χ1n) is 5.84. The van der Waals surface area contributed by atoms with Crippen molar-refractivity contribution in [2.75, 3.05) is 13.0 Å². The molecule has 0 fully saturated rings. The molecule has 4 nitrogen and oxygen atoms in total. The Bertz CT molecular complexity index is 450. The third-order valence-corrected chi connectivity index (χ3v) is 3.48. The molecule has 1 amide bonds. The third-order valence-electron chi connectivity index (χ3n) is 3.24. The fourth-order valence-corrected chi connectivity index (χ4v) is 2.42. The molecule has 0 aliphatic heterocycles. The lowest BCUT2D eigenvalue weighted by molar-refractivity contribution is -0.120. The van der Waals surface area contributed by atoms with Crippen LogP contribution in [0.5, 0.6) is 5.75 Å². The molecule has 0 spiro atoms. The van der Waals surface area contributed by atoms with Gasteiger partial charge < -0.3 is 15.2 Å². The van der Waals surface area contributed by atoms with E-state index in [9.17, 15) is 9.90 Å². The van der Waals surface area contributed by atoms with Gasteiger partial charge in [0.2, 0.25) is 5.91 Å². The summed E-state index contributed by atoms with van der Waals surface area (Å²) >= 11 is 5.45. The van der Waals surface area contributed by atoms with Gasteiger partial charge in [-0.25, -0.2) is 0 Å². The summed E-state index contributed by atoms with van der Waals surface area (Å²) in [5.74, 6) is 0.439. The molecule has 1 unspecified atom stereocenters. The first kappa shape index (κ1) is 13.2. The largest absolute Gasteiger partial charge is 0.496 e. The number of hydrogen-bond donors (Lipinski definition) is 2. The van der Waals surface area contributed by atoms with Crippen LogP contribution in [0.4, 0.5) is 0 Å². The van der Waals surface area contributed by atoms with Gasteiger partial charge in [-0.3, -0.25) is 4.79 Å². The van der Waals surface area contributed by atoms with Crippen LogP contribution in [0.25, 0.3) is 0 Å². The van der Waals surface area contributed by atoms with Crippen LogP contribution in [0.15, 0.2) is 18.2 Å². The number of rotatable bonds is 3. The van der Waals surface area contributed by atoms with E-state index in [1.165, 1.54) is 0 Å². The minimum absolute atomic E-state index is 0.0891. The molecule has 2 atom stereocenters. The van der Waals surface area contributed by atoms with Gasteiger partial charge in [0.25, 0.3) is 0 Å². The zero-order valence-electron chi connectivity index (χ0n) is 10.1. The Kier molecular flexibility index (Phi) is 4.09. The summed E-state index contributed by atoms with van der Waals surface area (Å²) in [6.45, 7) is 0. The highest BCUT2D eigenvalue weighted by Gasteiger charge is 2.29. The molecule has 0 saturated heterocycles. The lowest BCUT2D eigenvalue weighted by Crippen LogP contribution is -2.48. The Balaban J connectivity index is 2.20. The van der Waals surface area contributed by atoms with Crippen molar-refractivity contribution in [3.05, 3.63) is 29.3 Å². The summed E-state index contributed by atoms with van der Waals surface area (Å²) in [5, 5.41) is 12.8. The van der Waals surface area contributed by atoms with E-state index in [0.29, 0.717) is 12.8 Å². The van der Waals surface area contributed by atoms with Crippen LogP contribution < -0.4 is 10.1 Å². The maximum Gasteiger partial charge on any atom is 0.235 e. The Morgan fingerprint density at radius 3 is 3.00 bits per heavy atom. The number of alkyl halides is 1. The quantitative estimate of drug-likeness (QED) is 0.801. The predicted molar refractivity (Wildman–Crippen MR) is 69.1 cm³/mol. The van der Waals surface area contributed by atoms with Crippen LogP contribution >= 0.6 is 11.6 Å². The van der Waals surface area contributed by atoms with E-state index in [2.05, 4.69) is 5.32 Å². The van der Waals surface area contributed by atoms with Crippen LogP contribution in [0.2, 0.25) is 0 Å². The number of carbonyl (C=O) groups is 1. The molecule has 1 aromatic rings. The molecule has 5 heteroatoms. The highest BCUT2D eigenvalue weighted by molar-refractivity contribution is 6.27. The number of fused-ring (bicyclic) bond motifs is 1. The molecule has 1 aliphatic rings. The highest BCUT2D eigenvalue weighted by atomic mass is 35.5. The zero-order valence-corrected chi connectivity index (χ0v) is 10.9. The molecule has 0 radical (unpaired) electrons. The van der Waals surface area contributed by atoms with Gasteiger partial charge in [0, 0.05) is 12.0 Å². The number of halogens is 1. The average molecular weight is 270 g/mol. The van der Waals surface area contributed by atoms with Crippen molar-refractivity contribution in [1.29, 1.82) is 0 Å². The Hall–Kier alpha value is -1.26. The lowest BCUT2D eigenvalue weighted by atomic mass is 9.85. The monoisotopic (exact) mass is 269 g/mol. The summed E-state index contributed by atoms with van der Waals surface area (Å²) in [4.78, 5) is 11.3. The minimum Gasteiger partial charge on any atom is -0.496 e. The van der Waals surface area contributed by atoms with Gasteiger partial charge in [0.15, 0.2) is 0 Å². The fraction of sp³-hybridized carbons (Fsp3) is 0.462. The van der Waals surface area contributed by atoms with Crippen molar-refractivity contribution in [2.45, 2.75) is 25.0 Å². The summed E-state index contributed by atoms with van der Waals surface area (Å²) in [5.41, 5.74) is 2.11. The van der Waals surface area contributed by atoms with Gasteiger partial charge in [0.1, 0.15) is 11.6 Å². The minimum atomic E-state index is -0.610. The van der Waals surface area contributed by atoms with Crippen LogP contribution in [0, 0.1) is 0 Å². The Morgan fingerprint density at radius 2 is 2.33 bits per heavy atom. The van der Waals surface area contributed by atoms with Gasteiger partial charge in [-0.15, -0.1) is 11.6 Å². The lowest BCUT2D eigenvalue weighted by Gasteiger charge is -2.31. The molecule has 0 bridgehead atoms. The standard InChI is InChI=1S/C13H16ClNO3/c1-18-12-4-2-3-8-5-10(15-13(17)7-14)11(16)6-9(8)12/h2-4,10-11,16H,5-7H2,1H3,(H,15,17)/t10?,11-/m1/s1. The number of methoxy groups -OCH3 is 1. The number of amides is 1. The van der Waals surface area contributed by atoms with E-state index in [4.69, 9.17) is 16.3 Å². The average Bonchev–Trinajstić information content (AvgIpc) is 2.38. The van der Waals surface area contributed by atoms with E-state index < -0.39 is 6.10 Å². The molecule has 18 heavy (non-hydrogen) atoms. The van der Waals surface area contributed by atoms with E-state index in [1.807, 2.05) is 18.2 Å². The van der Waals surface area contributed by atoms with Crippen molar-refractivity contribution in [1.82, 2.24) is 5.32 Å². The van der Waals surface area contributed by atoms with Gasteiger partial charge in [0.05, 0.1) is 19.3 Å². The first-order valence-corrected chi connectivity index (χ1v) is 6.37. The SMILES string of the molecule is COc1cccc2c1C[C@@H](O)C(NC(=O)CCl)C2. The van der Waals surface area contributed by atoms with Crippen LogP contribution in [-0.4, -0.2) is 36.1 Å². The third kappa shape index (κ3) is 2.60. The Labute approximate surface area is 111 Å². The number of hydrogen-bond acceptors (Lipinski definition) is 3. The number of carbonyl (C=O) groups excluding carboxylic acids is 1. The fourth-order valence-electron chi connectivity index (χ4n) is 2.34. The summed E-state index contributed by atoms with van der Waals surface area (Å²) in [6.07, 6.45) is 0.462. The second-order valence-corrected chi connectivity index (χ2v) is 4.65. The second-order valence-electron chi connectivity index (χ2n) is 4.38. The molecule has 2 N–H and O–H groups in total. The molecule has 1 aromatic carbocycles. The zero-order chi connectivity index (χ0) is 13.1. The number of nitrogens with one attached hydrogen (secondary N) is 1. The Morgan fingerprint density at radius 1 is 1.56 bits per heavy atom. The number of aliphatic hydroxyl groups excluding tert-OH is 1. The van der Waals surface area contributed by atoms with Crippen LogP contribution in [0.3, 0.4) is 0 Å². The number of benzene rings is 1. The molecule has 1 aliphatic carbocycles. The normalized spacial score (nSPS) is 22.2. The summed E-state index contributed by atoms with van der Waals surface area (Å²) in [7, 11) is 1.61. The van der Waals surface area contributed by atoms with Crippen LogP contribution in [-0.2, 0) is 17.6 Å². The maximum atomic E-state index is 11.3. The molecular weight excluding hydrogens is 254 g/mol. The van der Waals surface area contributed by atoms with Crippen molar-refractivity contribution in [3.8, 4) is 5.75 Å². The number of aliphatic hydroxyl groups is 1. The van der Waals surface area contributed by atoms with Crippen molar-refractivity contribution in [3.63, 3.8) is 0 Å². The molecular formula is C13H16ClNO3. The molecule has 0 aromatic heterocycles. The smallest absolute Gasteiger partial charge is 0.235 e. The van der Waals surface area contributed by atoms with Gasteiger partial charge >= 0.3 is 0 Å². The predicted octanol–water partition coefficient (Wildman–Crippen LogP) is 0.878. The summed E-state index contributed by atoms with van der Waals surface area (Å²) < 4.78 is 5.28. The highest BCUT2D eigenvalue weighted by Crippen LogP contribution is 2.29. The summed E-state index contributed by atoms with van der Waals surface area (Å²) in [6, 6.07) is 5.50. The molecule has 0 saturated carbocycles. The maximum absolute atomic E-state index is 11.3. The van der Waals surface area contributed by atoms with E-state index >= 15 is 0 Å². The molecule has 98 valence electrons. The van der Waals surface area contributed by atoms with Crippen molar-refractivity contribution in [2.24, 2.45) is 0 Å². The van der Waals surface area contributed by atoms with Gasteiger partial charge in [-0.05, 0) is 18.1 Å². The topological polar surface area (TPSA) is 58.6 Å². The second kappa shape index (κ2) is 5.59. The van der Waals surface area contributed by atoms with Gasteiger partial charge in [-0.1, -0.05) is 12.1 Å². The van der Waals surface area contributed by atoms with E-state index in [0.717, 1.165) is 16.9 Å². The first-order chi connectivity index (χ1) is 8.65. The van der Waals surface area contributed by atoms with Crippen molar-refractivity contribution < 1.29 is 14.6 Å². The van der Waals surface area contributed by atoms with E-state index in [-0.39, 0.29) is 17.8 Å². The van der Waals surface area contributed by atoms with Crippen LogP contribution in [0.1, 0.15) is 11.1 Å². The molecule has 2 rings (SSSR count). The number of ether oxygens (including phenoxy) is 1.